The van der Waals surface area contributed by atoms with Gasteiger partial charge in [-0.15, -0.1) is 0 Å². The third kappa shape index (κ3) is 2.95. The van der Waals surface area contributed by atoms with Crippen molar-refractivity contribution in [2.75, 3.05) is 13.1 Å². The van der Waals surface area contributed by atoms with Crippen LogP contribution in [0.3, 0.4) is 0 Å². The molecule has 0 saturated carbocycles. The third-order valence-corrected chi connectivity index (χ3v) is 5.04. The number of rotatable bonds is 4. The van der Waals surface area contributed by atoms with Crippen molar-refractivity contribution in [3.63, 3.8) is 0 Å². The second kappa shape index (κ2) is 5.92. The Bertz CT molecular complexity index is 519. The van der Waals surface area contributed by atoms with Crippen LogP contribution in [0.2, 0.25) is 10.0 Å². The first-order valence-electron chi connectivity index (χ1n) is 6.75. The zero-order valence-electron chi connectivity index (χ0n) is 11.7. The summed E-state index contributed by atoms with van der Waals surface area (Å²) in [6.45, 7) is 6.05. The van der Waals surface area contributed by atoms with Crippen LogP contribution in [0.1, 0.15) is 25.8 Å². The van der Waals surface area contributed by atoms with Gasteiger partial charge in [-0.1, -0.05) is 43.1 Å². The number of aliphatic carboxylic acids is 1. The molecule has 110 valence electrons. The van der Waals surface area contributed by atoms with Gasteiger partial charge in [0.05, 0.1) is 15.5 Å². The average Bonchev–Trinajstić information content (AvgIpc) is 2.79. The predicted octanol–water partition coefficient (Wildman–Crippen LogP) is 3.93. The van der Waals surface area contributed by atoms with Gasteiger partial charge >= 0.3 is 5.97 Å². The maximum Gasteiger partial charge on any atom is 0.311 e. The van der Waals surface area contributed by atoms with Crippen LogP contribution in [0.5, 0.6) is 0 Å². The van der Waals surface area contributed by atoms with Gasteiger partial charge in [0, 0.05) is 13.1 Å². The minimum Gasteiger partial charge on any atom is -0.481 e. The number of likely N-dealkylation sites (tertiary alicyclic amines) is 1. The Morgan fingerprint density at radius 2 is 2.10 bits per heavy atom. The van der Waals surface area contributed by atoms with Crippen molar-refractivity contribution >= 4 is 29.2 Å². The number of carboxylic acids is 1. The van der Waals surface area contributed by atoms with E-state index in [0.29, 0.717) is 29.6 Å². The van der Waals surface area contributed by atoms with Crippen LogP contribution < -0.4 is 0 Å². The molecule has 2 rings (SSSR count). The first-order chi connectivity index (χ1) is 9.35. The lowest BCUT2D eigenvalue weighted by atomic mass is 9.76. The number of nitrogens with zero attached hydrogens (tertiary/aromatic N) is 1. The van der Waals surface area contributed by atoms with Crippen LogP contribution >= 0.6 is 23.2 Å². The summed E-state index contributed by atoms with van der Waals surface area (Å²) in [7, 11) is 0. The first-order valence-corrected chi connectivity index (χ1v) is 7.50. The summed E-state index contributed by atoms with van der Waals surface area (Å²) in [6, 6.07) is 5.56. The monoisotopic (exact) mass is 315 g/mol. The molecule has 0 radical (unpaired) electrons. The highest BCUT2D eigenvalue weighted by Crippen LogP contribution is 2.38. The van der Waals surface area contributed by atoms with E-state index < -0.39 is 11.4 Å². The number of carbonyl (C=O) groups is 1. The zero-order chi connectivity index (χ0) is 14.9. The highest BCUT2D eigenvalue weighted by Gasteiger charge is 2.47. The van der Waals surface area contributed by atoms with E-state index in [2.05, 4.69) is 4.90 Å². The molecule has 1 aromatic rings. The van der Waals surface area contributed by atoms with Crippen LogP contribution in [0.4, 0.5) is 0 Å². The molecule has 0 aliphatic carbocycles. The maximum absolute atomic E-state index is 11.6. The lowest BCUT2D eigenvalue weighted by Crippen LogP contribution is -2.39. The number of carboxylic acid groups (broad SMARTS) is 1. The zero-order valence-corrected chi connectivity index (χ0v) is 13.2. The molecule has 0 aromatic heterocycles. The SMILES string of the molecule is CC(C)C1(C(=O)O)CCN(Cc2ccc(Cl)c(Cl)c2)C1. The molecule has 1 aliphatic rings. The molecule has 1 unspecified atom stereocenters. The smallest absolute Gasteiger partial charge is 0.311 e. The molecule has 3 nitrogen and oxygen atoms in total. The molecule has 1 fully saturated rings. The molecule has 0 spiro atoms. The molecular formula is C15H19Cl2NO2. The van der Waals surface area contributed by atoms with E-state index in [4.69, 9.17) is 23.2 Å². The van der Waals surface area contributed by atoms with Gasteiger partial charge in [0.15, 0.2) is 0 Å². The van der Waals surface area contributed by atoms with Gasteiger partial charge in [-0.3, -0.25) is 9.69 Å². The Balaban J connectivity index is 2.09. The maximum atomic E-state index is 11.6. The van der Waals surface area contributed by atoms with E-state index in [0.717, 1.165) is 12.1 Å². The van der Waals surface area contributed by atoms with Crippen molar-refractivity contribution in [3.8, 4) is 0 Å². The van der Waals surface area contributed by atoms with Gasteiger partial charge in [-0.05, 0) is 36.6 Å². The minimum atomic E-state index is -0.691. The van der Waals surface area contributed by atoms with E-state index in [1.807, 2.05) is 26.0 Å². The highest BCUT2D eigenvalue weighted by molar-refractivity contribution is 6.42. The lowest BCUT2D eigenvalue weighted by Gasteiger charge is -2.28. The lowest BCUT2D eigenvalue weighted by molar-refractivity contribution is -0.151. The van der Waals surface area contributed by atoms with Crippen molar-refractivity contribution in [2.45, 2.75) is 26.8 Å². The van der Waals surface area contributed by atoms with Crippen molar-refractivity contribution in [3.05, 3.63) is 33.8 Å². The summed E-state index contributed by atoms with van der Waals surface area (Å²) in [5.74, 6) is -0.567. The minimum absolute atomic E-state index is 0.124. The molecule has 1 saturated heterocycles. The van der Waals surface area contributed by atoms with Crippen LogP contribution in [0.15, 0.2) is 18.2 Å². The Labute approximate surface area is 129 Å². The normalized spacial score (nSPS) is 23.4. The van der Waals surface area contributed by atoms with E-state index in [1.54, 1.807) is 6.07 Å². The van der Waals surface area contributed by atoms with Crippen molar-refractivity contribution in [1.29, 1.82) is 0 Å². The topological polar surface area (TPSA) is 40.5 Å². The first kappa shape index (κ1) is 15.6. The Morgan fingerprint density at radius 1 is 1.40 bits per heavy atom. The molecular weight excluding hydrogens is 297 g/mol. The second-order valence-corrected chi connectivity index (χ2v) is 6.64. The van der Waals surface area contributed by atoms with Crippen molar-refractivity contribution in [2.24, 2.45) is 11.3 Å². The van der Waals surface area contributed by atoms with Crippen molar-refractivity contribution in [1.82, 2.24) is 4.90 Å². The van der Waals surface area contributed by atoms with Gasteiger partial charge in [0.25, 0.3) is 0 Å². The van der Waals surface area contributed by atoms with Gasteiger partial charge < -0.3 is 5.11 Å². The Morgan fingerprint density at radius 3 is 2.60 bits per heavy atom. The van der Waals surface area contributed by atoms with Gasteiger partial charge in [-0.2, -0.15) is 0 Å². The third-order valence-electron chi connectivity index (χ3n) is 4.30. The van der Waals surface area contributed by atoms with E-state index in [9.17, 15) is 9.90 Å². The van der Waals surface area contributed by atoms with E-state index in [-0.39, 0.29) is 5.92 Å². The fourth-order valence-electron chi connectivity index (χ4n) is 2.84. The van der Waals surface area contributed by atoms with Gasteiger partial charge in [-0.25, -0.2) is 0 Å². The van der Waals surface area contributed by atoms with E-state index >= 15 is 0 Å². The quantitative estimate of drug-likeness (QED) is 0.915. The largest absolute Gasteiger partial charge is 0.481 e. The molecule has 1 aliphatic heterocycles. The summed E-state index contributed by atoms with van der Waals surface area (Å²) < 4.78 is 0. The summed E-state index contributed by atoms with van der Waals surface area (Å²) >= 11 is 11.9. The molecule has 20 heavy (non-hydrogen) atoms. The molecule has 0 bridgehead atoms. The van der Waals surface area contributed by atoms with Crippen LogP contribution in [0.25, 0.3) is 0 Å². The molecule has 0 amide bonds. The fraction of sp³-hybridized carbons (Fsp3) is 0.533. The molecule has 1 N–H and O–H groups in total. The summed E-state index contributed by atoms with van der Waals surface area (Å²) in [5.41, 5.74) is 0.431. The second-order valence-electron chi connectivity index (χ2n) is 5.83. The molecule has 5 heteroatoms. The van der Waals surface area contributed by atoms with E-state index in [1.165, 1.54) is 0 Å². The Kier molecular flexibility index (Phi) is 4.62. The average molecular weight is 316 g/mol. The van der Waals surface area contributed by atoms with Crippen LogP contribution in [0, 0.1) is 11.3 Å². The number of hydrogen-bond donors (Lipinski definition) is 1. The van der Waals surface area contributed by atoms with Gasteiger partial charge in [0.1, 0.15) is 0 Å². The highest BCUT2D eigenvalue weighted by atomic mass is 35.5. The summed E-state index contributed by atoms with van der Waals surface area (Å²) in [4.78, 5) is 13.8. The Hall–Kier alpha value is -0.770. The number of hydrogen-bond acceptors (Lipinski definition) is 2. The predicted molar refractivity (Wildman–Crippen MR) is 81.3 cm³/mol. The molecule has 1 atom stereocenters. The fourth-order valence-corrected chi connectivity index (χ4v) is 3.16. The van der Waals surface area contributed by atoms with Crippen LogP contribution in [-0.2, 0) is 11.3 Å². The number of benzene rings is 1. The molecule has 1 heterocycles. The van der Waals surface area contributed by atoms with Crippen LogP contribution in [-0.4, -0.2) is 29.1 Å². The standard InChI is InChI=1S/C15H19Cl2NO2/c1-10(2)15(14(19)20)5-6-18(9-15)8-11-3-4-12(16)13(17)7-11/h3-4,7,10H,5-6,8-9H2,1-2H3,(H,19,20). The number of halogens is 2. The summed E-state index contributed by atoms with van der Waals surface area (Å²) in [5, 5.41) is 10.6. The van der Waals surface area contributed by atoms with Gasteiger partial charge in [0.2, 0.25) is 0 Å². The van der Waals surface area contributed by atoms with Crippen molar-refractivity contribution < 1.29 is 9.90 Å². The molecule has 1 aromatic carbocycles. The summed E-state index contributed by atoms with van der Waals surface area (Å²) in [6.07, 6.45) is 0.696.